The Bertz CT molecular complexity index is 955. The molecule has 3 aromatic rings. The number of benzene rings is 3. The smallest absolute Gasteiger partial charge is 0.220 e. The number of rotatable bonds is 9. The van der Waals surface area contributed by atoms with E-state index in [2.05, 4.69) is 5.32 Å². The van der Waals surface area contributed by atoms with Crippen molar-refractivity contribution < 1.29 is 18.7 Å². The van der Waals surface area contributed by atoms with Gasteiger partial charge in [-0.25, -0.2) is 4.39 Å². The number of hydrogen-bond donors (Lipinski definition) is 1. The summed E-state index contributed by atoms with van der Waals surface area (Å²) in [7, 11) is 3.25. The largest absolute Gasteiger partial charge is 0.497 e. The quantitative estimate of drug-likeness (QED) is 0.550. The lowest BCUT2D eigenvalue weighted by molar-refractivity contribution is -0.121. The number of aryl methyl sites for hydroxylation is 1. The first kappa shape index (κ1) is 21.4. The summed E-state index contributed by atoms with van der Waals surface area (Å²) in [6.07, 6.45) is 1.20. The van der Waals surface area contributed by atoms with Crippen LogP contribution in [0.2, 0.25) is 0 Å². The Hall–Kier alpha value is -3.34. The van der Waals surface area contributed by atoms with Crippen LogP contribution in [-0.4, -0.2) is 20.1 Å². The van der Waals surface area contributed by atoms with E-state index >= 15 is 0 Å². The van der Waals surface area contributed by atoms with Crippen LogP contribution in [-0.2, 0) is 17.6 Å². The second kappa shape index (κ2) is 10.4. The Labute approximate surface area is 176 Å². The van der Waals surface area contributed by atoms with Crippen molar-refractivity contribution in [1.29, 1.82) is 0 Å². The van der Waals surface area contributed by atoms with Gasteiger partial charge in [-0.3, -0.25) is 4.79 Å². The molecule has 5 heteroatoms. The van der Waals surface area contributed by atoms with E-state index in [0.29, 0.717) is 18.4 Å². The van der Waals surface area contributed by atoms with Crippen LogP contribution in [0, 0.1) is 5.82 Å². The van der Waals surface area contributed by atoms with E-state index in [0.717, 1.165) is 22.6 Å². The molecule has 0 heterocycles. The fraction of sp³-hybridized carbons (Fsp3) is 0.240. The number of carbonyl (C=O) groups excluding carboxylic acids is 1. The number of methoxy groups -OCH3 is 2. The van der Waals surface area contributed by atoms with Crippen molar-refractivity contribution >= 4 is 5.91 Å². The number of carbonyl (C=O) groups is 1. The molecular formula is C25H26FNO3. The van der Waals surface area contributed by atoms with Crippen LogP contribution >= 0.6 is 0 Å². The summed E-state index contributed by atoms with van der Waals surface area (Å²) >= 11 is 0. The normalized spacial score (nSPS) is 11.6. The minimum Gasteiger partial charge on any atom is -0.497 e. The Kier molecular flexibility index (Phi) is 7.44. The molecule has 3 aromatic carbocycles. The molecule has 1 amide bonds. The standard InChI is InChI=1S/C25H26FNO3/c1-29-21-12-7-18(8-13-21)17-24(20-9-14-22(30-2)15-10-20)27-25(28)16-11-19-5-3-4-6-23(19)26/h3-10,12-15,24H,11,16-17H2,1-2H3,(H,27,28). The minimum absolute atomic E-state index is 0.118. The van der Waals surface area contributed by atoms with Gasteiger partial charge in [0.05, 0.1) is 20.3 Å². The van der Waals surface area contributed by atoms with Gasteiger partial charge < -0.3 is 14.8 Å². The third-order valence-corrected chi connectivity index (χ3v) is 5.03. The first-order chi connectivity index (χ1) is 14.6. The van der Waals surface area contributed by atoms with Crippen molar-refractivity contribution in [3.63, 3.8) is 0 Å². The number of hydrogen-bond acceptors (Lipinski definition) is 3. The van der Waals surface area contributed by atoms with E-state index in [9.17, 15) is 9.18 Å². The predicted octanol–water partition coefficient (Wildman–Crippen LogP) is 4.88. The maximum absolute atomic E-state index is 13.8. The summed E-state index contributed by atoms with van der Waals surface area (Å²) in [5.74, 6) is 1.14. The zero-order valence-corrected chi connectivity index (χ0v) is 17.2. The molecular weight excluding hydrogens is 381 g/mol. The molecule has 1 atom stereocenters. The molecule has 156 valence electrons. The zero-order valence-electron chi connectivity index (χ0n) is 17.2. The molecule has 3 rings (SSSR count). The third-order valence-electron chi connectivity index (χ3n) is 5.03. The van der Waals surface area contributed by atoms with E-state index in [1.165, 1.54) is 6.07 Å². The number of nitrogens with one attached hydrogen (secondary N) is 1. The maximum atomic E-state index is 13.8. The Morgan fingerprint density at radius 1 is 0.900 bits per heavy atom. The van der Waals surface area contributed by atoms with Crippen LogP contribution in [0.3, 0.4) is 0 Å². The van der Waals surface area contributed by atoms with Gasteiger partial charge in [-0.05, 0) is 59.9 Å². The van der Waals surface area contributed by atoms with Crippen molar-refractivity contribution in [2.24, 2.45) is 0 Å². The van der Waals surface area contributed by atoms with Crippen molar-refractivity contribution in [3.05, 3.63) is 95.3 Å². The van der Waals surface area contributed by atoms with E-state index in [-0.39, 0.29) is 24.2 Å². The van der Waals surface area contributed by atoms with Gasteiger partial charge in [0.1, 0.15) is 17.3 Å². The Morgan fingerprint density at radius 3 is 2.10 bits per heavy atom. The first-order valence-electron chi connectivity index (χ1n) is 9.88. The van der Waals surface area contributed by atoms with Gasteiger partial charge in [0.2, 0.25) is 5.91 Å². The molecule has 0 aromatic heterocycles. The number of halogens is 1. The number of amides is 1. The summed E-state index contributed by atoms with van der Waals surface area (Å²) in [5, 5.41) is 3.10. The lowest BCUT2D eigenvalue weighted by Gasteiger charge is -2.20. The molecule has 0 saturated carbocycles. The van der Waals surface area contributed by atoms with Crippen LogP contribution in [0.25, 0.3) is 0 Å². The zero-order chi connectivity index (χ0) is 21.3. The molecule has 4 nitrogen and oxygen atoms in total. The highest BCUT2D eigenvalue weighted by atomic mass is 19.1. The number of ether oxygens (including phenoxy) is 2. The van der Waals surface area contributed by atoms with Gasteiger partial charge in [0.15, 0.2) is 0 Å². The van der Waals surface area contributed by atoms with Gasteiger partial charge in [-0.15, -0.1) is 0 Å². The van der Waals surface area contributed by atoms with Crippen LogP contribution in [0.5, 0.6) is 11.5 Å². The average Bonchev–Trinajstić information content (AvgIpc) is 2.78. The van der Waals surface area contributed by atoms with Crippen LogP contribution in [0.4, 0.5) is 4.39 Å². The van der Waals surface area contributed by atoms with Crippen molar-refractivity contribution in [1.82, 2.24) is 5.32 Å². The van der Waals surface area contributed by atoms with Crippen LogP contribution in [0.1, 0.15) is 29.2 Å². The molecule has 1 unspecified atom stereocenters. The van der Waals surface area contributed by atoms with Crippen molar-refractivity contribution in [3.8, 4) is 11.5 Å². The summed E-state index contributed by atoms with van der Waals surface area (Å²) in [6.45, 7) is 0. The molecule has 0 aliphatic carbocycles. The van der Waals surface area contributed by atoms with Gasteiger partial charge in [-0.2, -0.15) is 0 Å². The lowest BCUT2D eigenvalue weighted by atomic mass is 9.98. The summed E-state index contributed by atoms with van der Waals surface area (Å²) < 4.78 is 24.3. The highest BCUT2D eigenvalue weighted by molar-refractivity contribution is 5.76. The van der Waals surface area contributed by atoms with Crippen LogP contribution < -0.4 is 14.8 Å². The summed E-state index contributed by atoms with van der Waals surface area (Å²) in [4.78, 5) is 12.6. The summed E-state index contributed by atoms with van der Waals surface area (Å²) in [6, 6.07) is 21.8. The first-order valence-corrected chi connectivity index (χ1v) is 9.88. The average molecular weight is 407 g/mol. The molecule has 0 saturated heterocycles. The maximum Gasteiger partial charge on any atom is 0.220 e. The van der Waals surface area contributed by atoms with Gasteiger partial charge in [-0.1, -0.05) is 42.5 Å². The van der Waals surface area contributed by atoms with E-state index in [1.807, 2.05) is 48.5 Å². The van der Waals surface area contributed by atoms with Crippen molar-refractivity contribution in [2.45, 2.75) is 25.3 Å². The molecule has 0 bridgehead atoms. The topological polar surface area (TPSA) is 47.6 Å². The molecule has 0 aliphatic heterocycles. The van der Waals surface area contributed by atoms with Gasteiger partial charge >= 0.3 is 0 Å². The van der Waals surface area contributed by atoms with Gasteiger partial charge in [0, 0.05) is 6.42 Å². The summed E-state index contributed by atoms with van der Waals surface area (Å²) in [5.41, 5.74) is 2.60. The molecule has 1 N–H and O–H groups in total. The highest BCUT2D eigenvalue weighted by Crippen LogP contribution is 2.23. The Balaban J connectivity index is 1.72. The Morgan fingerprint density at radius 2 is 1.50 bits per heavy atom. The molecule has 0 spiro atoms. The molecule has 30 heavy (non-hydrogen) atoms. The monoisotopic (exact) mass is 407 g/mol. The minimum atomic E-state index is -0.282. The second-order valence-corrected chi connectivity index (χ2v) is 7.04. The fourth-order valence-corrected chi connectivity index (χ4v) is 3.30. The predicted molar refractivity (Wildman–Crippen MR) is 115 cm³/mol. The molecule has 0 radical (unpaired) electrons. The van der Waals surface area contributed by atoms with E-state index in [1.54, 1.807) is 32.4 Å². The second-order valence-electron chi connectivity index (χ2n) is 7.04. The lowest BCUT2D eigenvalue weighted by Crippen LogP contribution is -2.30. The SMILES string of the molecule is COc1ccc(CC(NC(=O)CCc2ccccc2F)c2ccc(OC)cc2)cc1. The molecule has 0 aliphatic rings. The van der Waals surface area contributed by atoms with Gasteiger partial charge in [0.25, 0.3) is 0 Å². The van der Waals surface area contributed by atoms with Crippen LogP contribution in [0.15, 0.2) is 72.8 Å². The van der Waals surface area contributed by atoms with E-state index < -0.39 is 0 Å². The molecule has 0 fully saturated rings. The fourth-order valence-electron chi connectivity index (χ4n) is 3.30. The highest BCUT2D eigenvalue weighted by Gasteiger charge is 2.16. The van der Waals surface area contributed by atoms with Crippen molar-refractivity contribution in [2.75, 3.05) is 14.2 Å². The van der Waals surface area contributed by atoms with E-state index in [4.69, 9.17) is 9.47 Å². The third kappa shape index (κ3) is 5.83.